The fourth-order valence-corrected chi connectivity index (χ4v) is 5.46. The topological polar surface area (TPSA) is 151 Å². The van der Waals surface area contributed by atoms with Crippen LogP contribution in [0.15, 0.2) is 49.2 Å². The van der Waals surface area contributed by atoms with Crippen LogP contribution >= 0.6 is 23.4 Å². The summed E-state index contributed by atoms with van der Waals surface area (Å²) in [6, 6.07) is 7.31. The number of hydrogen-bond acceptors (Lipinski definition) is 10. The van der Waals surface area contributed by atoms with E-state index in [0.717, 1.165) is 17.5 Å². The number of halogens is 1. The summed E-state index contributed by atoms with van der Waals surface area (Å²) in [7, 11) is 1.49. The first-order chi connectivity index (χ1) is 17.0. The molecule has 1 fully saturated rings. The fourth-order valence-electron chi connectivity index (χ4n) is 3.81. The van der Waals surface area contributed by atoms with Crippen molar-refractivity contribution in [3.8, 4) is 11.4 Å². The molecule has 4 aromatic rings. The zero-order valence-corrected chi connectivity index (χ0v) is 20.0. The van der Waals surface area contributed by atoms with E-state index in [1.54, 1.807) is 23.0 Å². The number of nitrogens with zero attached hydrogens (tertiary/aromatic N) is 6. The summed E-state index contributed by atoms with van der Waals surface area (Å²) in [5.41, 5.74) is 2.28. The van der Waals surface area contributed by atoms with Gasteiger partial charge in [-0.25, -0.2) is 15.0 Å². The Morgan fingerprint density at radius 2 is 2.06 bits per heavy atom. The molecule has 0 spiro atoms. The average molecular weight is 513 g/mol. The van der Waals surface area contributed by atoms with Crippen molar-refractivity contribution in [2.75, 3.05) is 12.4 Å². The Morgan fingerprint density at radius 3 is 2.80 bits per heavy atom. The van der Waals surface area contributed by atoms with Gasteiger partial charge in [0.1, 0.15) is 22.8 Å². The first kappa shape index (κ1) is 23.4. The quantitative estimate of drug-likeness (QED) is 0.300. The molecule has 0 bridgehead atoms. The molecule has 1 saturated heterocycles. The molecule has 4 N–H and O–H groups in total. The molecular formula is C22H21ClN8O3S. The van der Waals surface area contributed by atoms with E-state index >= 15 is 0 Å². The highest BCUT2D eigenvalue weighted by atomic mass is 35.5. The van der Waals surface area contributed by atoms with Crippen molar-refractivity contribution in [1.29, 1.82) is 0 Å². The van der Waals surface area contributed by atoms with Gasteiger partial charge >= 0.3 is 0 Å². The van der Waals surface area contributed by atoms with E-state index in [1.165, 1.54) is 19.6 Å². The highest BCUT2D eigenvalue weighted by Gasteiger charge is 2.47. The Morgan fingerprint density at radius 1 is 1.20 bits per heavy atom. The van der Waals surface area contributed by atoms with Crippen LogP contribution in [0, 0.1) is 0 Å². The lowest BCUT2D eigenvalue weighted by molar-refractivity contribution is -0.122. The Balaban J connectivity index is 1.58. The number of fused-ring (bicyclic) bond motifs is 1. The summed E-state index contributed by atoms with van der Waals surface area (Å²) in [4.78, 5) is 34.5. The second kappa shape index (κ2) is 9.74. The van der Waals surface area contributed by atoms with Crippen molar-refractivity contribution in [3.63, 3.8) is 0 Å². The Bertz CT molecular complexity index is 1370. The Labute approximate surface area is 209 Å². The molecule has 0 saturated carbocycles. The zero-order valence-electron chi connectivity index (χ0n) is 18.4. The Kier molecular flexibility index (Phi) is 6.52. The van der Waals surface area contributed by atoms with Gasteiger partial charge in [-0.05, 0) is 18.2 Å². The number of carbonyl (C=O) groups excluding carboxylic acids is 1. The summed E-state index contributed by atoms with van der Waals surface area (Å²) < 4.78 is 1.64. The van der Waals surface area contributed by atoms with Crippen LogP contribution in [0.5, 0.6) is 0 Å². The molecule has 0 unspecified atom stereocenters. The highest BCUT2D eigenvalue weighted by Crippen LogP contribution is 2.43. The lowest BCUT2D eigenvalue weighted by Gasteiger charge is -2.17. The summed E-state index contributed by atoms with van der Waals surface area (Å²) in [5.74, 6) is 0.431. The fraction of sp³-hybridized carbons (Fsp3) is 0.273. The molecule has 35 heavy (non-hydrogen) atoms. The summed E-state index contributed by atoms with van der Waals surface area (Å²) in [6.07, 6.45) is 3.88. The molecule has 1 amide bonds. The molecule has 1 aliphatic heterocycles. The minimum absolute atomic E-state index is 0.346. The number of aromatic nitrogens is 6. The van der Waals surface area contributed by atoms with Crippen LogP contribution in [0.3, 0.4) is 0 Å². The van der Waals surface area contributed by atoms with E-state index in [2.05, 4.69) is 35.6 Å². The molecule has 5 rings (SSSR count). The van der Waals surface area contributed by atoms with Gasteiger partial charge in [-0.15, -0.1) is 11.8 Å². The number of pyridine rings is 2. The van der Waals surface area contributed by atoms with Crippen LogP contribution < -0.4 is 10.6 Å². The molecule has 13 heteroatoms. The third-order valence-corrected chi connectivity index (χ3v) is 7.34. The van der Waals surface area contributed by atoms with Crippen molar-refractivity contribution in [1.82, 2.24) is 34.8 Å². The maximum absolute atomic E-state index is 12.2. The van der Waals surface area contributed by atoms with Crippen molar-refractivity contribution in [3.05, 3.63) is 59.9 Å². The molecule has 4 atom stereocenters. The van der Waals surface area contributed by atoms with Gasteiger partial charge in [-0.1, -0.05) is 17.7 Å². The number of rotatable bonds is 6. The third kappa shape index (κ3) is 4.52. The van der Waals surface area contributed by atoms with E-state index in [1.807, 2.05) is 18.2 Å². The van der Waals surface area contributed by atoms with Gasteiger partial charge < -0.3 is 20.8 Å². The molecule has 5 heterocycles. The predicted molar refractivity (Wildman–Crippen MR) is 132 cm³/mol. The summed E-state index contributed by atoms with van der Waals surface area (Å²) in [6.45, 7) is 0.394. The number of aliphatic hydroxyl groups excluding tert-OH is 2. The second-order valence-electron chi connectivity index (χ2n) is 7.83. The number of imidazole rings is 1. The third-order valence-electron chi connectivity index (χ3n) is 5.56. The summed E-state index contributed by atoms with van der Waals surface area (Å²) >= 11 is 7.28. The molecule has 0 aromatic carbocycles. The molecular weight excluding hydrogens is 492 g/mol. The van der Waals surface area contributed by atoms with Crippen molar-refractivity contribution >= 4 is 46.3 Å². The molecule has 0 radical (unpaired) electrons. The lowest BCUT2D eigenvalue weighted by Crippen LogP contribution is -2.39. The van der Waals surface area contributed by atoms with E-state index in [-0.39, 0.29) is 5.91 Å². The maximum atomic E-state index is 12.2. The van der Waals surface area contributed by atoms with E-state index in [0.29, 0.717) is 39.9 Å². The van der Waals surface area contributed by atoms with Crippen molar-refractivity contribution in [2.45, 2.75) is 29.4 Å². The SMILES string of the molecule is CNC(=O)[C@H]1S[C@@H](n2cnc3c(NCc4ccccn4)nc(-c4cncc(Cl)c4)nc32)[C@H](O)[C@@H]1O. The number of hydrogen-bond donors (Lipinski definition) is 4. The minimum Gasteiger partial charge on any atom is -0.389 e. The number of amides is 1. The van der Waals surface area contributed by atoms with Gasteiger partial charge in [0, 0.05) is 31.2 Å². The second-order valence-corrected chi connectivity index (χ2v) is 9.53. The lowest BCUT2D eigenvalue weighted by atomic mass is 10.1. The smallest absolute Gasteiger partial charge is 0.235 e. The standard InChI is InChI=1S/C22H21ClN8O3S/c1-24-21(34)17-15(32)16(33)22(35-17)31-10-28-14-19(27-9-13-4-2-3-5-26-13)29-18(30-20(14)31)11-6-12(23)8-25-7-11/h2-8,10,15-17,22,32-33H,9H2,1H3,(H,24,34)(H,27,29,30)/t15-,16+,17-,22+/m0/s1. The Hall–Kier alpha value is -3.32. The van der Waals surface area contributed by atoms with Gasteiger partial charge in [-0.2, -0.15) is 0 Å². The molecule has 11 nitrogen and oxygen atoms in total. The monoisotopic (exact) mass is 512 g/mol. The molecule has 180 valence electrons. The molecule has 4 aromatic heterocycles. The first-order valence-electron chi connectivity index (χ1n) is 10.7. The number of aliphatic hydroxyl groups is 2. The van der Waals surface area contributed by atoms with Crippen LogP contribution in [0.25, 0.3) is 22.6 Å². The van der Waals surface area contributed by atoms with E-state index < -0.39 is 22.8 Å². The molecule has 1 aliphatic rings. The van der Waals surface area contributed by atoms with Crippen LogP contribution in [0.4, 0.5) is 5.82 Å². The van der Waals surface area contributed by atoms with Crippen molar-refractivity contribution < 1.29 is 15.0 Å². The predicted octanol–water partition coefficient (Wildman–Crippen LogP) is 1.63. The minimum atomic E-state index is -1.25. The highest BCUT2D eigenvalue weighted by molar-refractivity contribution is 8.01. The van der Waals surface area contributed by atoms with Gasteiger partial charge in [0.05, 0.1) is 23.6 Å². The normalized spacial score (nSPS) is 21.8. The van der Waals surface area contributed by atoms with Gasteiger partial charge in [0.15, 0.2) is 22.8 Å². The van der Waals surface area contributed by atoms with Crippen molar-refractivity contribution in [2.24, 2.45) is 0 Å². The molecule has 0 aliphatic carbocycles. The van der Waals surface area contributed by atoms with Crippen LogP contribution in [0.2, 0.25) is 5.02 Å². The number of anilines is 1. The number of carbonyl (C=O) groups is 1. The van der Waals surface area contributed by atoms with Crippen LogP contribution in [-0.4, -0.2) is 70.1 Å². The maximum Gasteiger partial charge on any atom is 0.235 e. The zero-order chi connectivity index (χ0) is 24.5. The summed E-state index contributed by atoms with van der Waals surface area (Å²) in [5, 5.41) is 25.9. The van der Waals surface area contributed by atoms with E-state index in [9.17, 15) is 15.0 Å². The van der Waals surface area contributed by atoms with Crippen LogP contribution in [-0.2, 0) is 11.3 Å². The first-order valence-corrected chi connectivity index (χ1v) is 12.0. The van der Waals surface area contributed by atoms with Gasteiger partial charge in [-0.3, -0.25) is 19.3 Å². The number of nitrogens with one attached hydrogen (secondary N) is 2. The van der Waals surface area contributed by atoms with Crippen LogP contribution in [0.1, 0.15) is 11.1 Å². The number of thioether (sulfide) groups is 1. The van der Waals surface area contributed by atoms with E-state index in [4.69, 9.17) is 11.6 Å². The largest absolute Gasteiger partial charge is 0.389 e. The average Bonchev–Trinajstić information content (AvgIpc) is 3.43. The van der Waals surface area contributed by atoms with Gasteiger partial charge in [0.25, 0.3) is 0 Å². The van der Waals surface area contributed by atoms with Gasteiger partial charge in [0.2, 0.25) is 5.91 Å².